The molecule has 0 aromatic heterocycles. The number of unbranched alkanes of at least 4 members (excludes halogenated alkanes) is 1. The lowest BCUT2D eigenvalue weighted by Gasteiger charge is -2.18. The molecule has 1 atom stereocenters. The fourth-order valence-electron chi connectivity index (χ4n) is 1.21. The zero-order valence-corrected chi connectivity index (χ0v) is 11.2. The quantitative estimate of drug-likeness (QED) is 0.629. The Bertz CT molecular complexity index is 261. The number of ether oxygens (including phenoxy) is 1. The first kappa shape index (κ1) is 15.9. The maximum absolute atomic E-state index is 11.7. The van der Waals surface area contributed by atoms with Gasteiger partial charge in [0.1, 0.15) is 5.41 Å². The van der Waals surface area contributed by atoms with Gasteiger partial charge < -0.3 is 10.1 Å². The van der Waals surface area contributed by atoms with Gasteiger partial charge in [-0.2, -0.15) is 5.26 Å². The molecular formula is C13H24N2O2. The van der Waals surface area contributed by atoms with E-state index in [0.29, 0.717) is 19.6 Å². The summed E-state index contributed by atoms with van der Waals surface area (Å²) in [5.41, 5.74) is -0.900. The number of carbonyl (C=O) groups is 1. The molecule has 0 saturated heterocycles. The third-order valence-corrected chi connectivity index (χ3v) is 2.85. The molecule has 0 bridgehead atoms. The average molecular weight is 240 g/mol. The van der Waals surface area contributed by atoms with Crippen LogP contribution in [0.4, 0.5) is 0 Å². The molecule has 0 aromatic carbocycles. The minimum Gasteiger partial charge on any atom is -0.381 e. The van der Waals surface area contributed by atoms with Crippen LogP contribution in [0.15, 0.2) is 0 Å². The molecule has 0 aliphatic carbocycles. The maximum Gasteiger partial charge on any atom is 0.240 e. The molecule has 0 aliphatic heterocycles. The number of hydrogen-bond donors (Lipinski definition) is 1. The van der Waals surface area contributed by atoms with Crippen molar-refractivity contribution in [3.63, 3.8) is 0 Å². The van der Waals surface area contributed by atoms with E-state index in [1.807, 2.05) is 6.92 Å². The van der Waals surface area contributed by atoms with Gasteiger partial charge in [0.2, 0.25) is 5.91 Å². The average Bonchev–Trinajstić information content (AvgIpc) is 2.36. The minimum absolute atomic E-state index is 0.184. The first-order chi connectivity index (χ1) is 8.10. The highest BCUT2D eigenvalue weighted by Crippen LogP contribution is 2.19. The van der Waals surface area contributed by atoms with Gasteiger partial charge in [0.25, 0.3) is 0 Å². The molecule has 1 amide bonds. The Hall–Kier alpha value is -1.08. The number of amides is 1. The molecule has 1 N–H and O–H groups in total. The monoisotopic (exact) mass is 240 g/mol. The standard InChI is InChI=1S/C13H24N2O2/c1-4-6-9-17-10-7-8-15-12(16)13(3,5-2)11-14/h4-10H2,1-3H3,(H,15,16). The van der Waals surface area contributed by atoms with Crippen LogP contribution in [0, 0.1) is 16.7 Å². The molecular weight excluding hydrogens is 216 g/mol. The minimum atomic E-state index is -0.900. The number of nitriles is 1. The van der Waals surface area contributed by atoms with Crippen molar-refractivity contribution in [1.29, 1.82) is 5.26 Å². The van der Waals surface area contributed by atoms with E-state index in [0.717, 1.165) is 25.9 Å². The largest absolute Gasteiger partial charge is 0.381 e. The van der Waals surface area contributed by atoms with Crippen LogP contribution in [-0.4, -0.2) is 25.7 Å². The lowest BCUT2D eigenvalue weighted by molar-refractivity contribution is -0.127. The van der Waals surface area contributed by atoms with E-state index in [-0.39, 0.29) is 5.91 Å². The molecule has 1 unspecified atom stereocenters. The van der Waals surface area contributed by atoms with E-state index in [2.05, 4.69) is 18.3 Å². The smallest absolute Gasteiger partial charge is 0.240 e. The van der Waals surface area contributed by atoms with Crippen molar-refractivity contribution >= 4 is 5.91 Å². The summed E-state index contributed by atoms with van der Waals surface area (Å²) in [6.45, 7) is 7.65. The van der Waals surface area contributed by atoms with Gasteiger partial charge in [0.15, 0.2) is 0 Å². The Balaban J connectivity index is 3.62. The Morgan fingerprint density at radius 1 is 1.35 bits per heavy atom. The van der Waals surface area contributed by atoms with Gasteiger partial charge in [-0.05, 0) is 26.2 Å². The Labute approximate surface area is 104 Å². The summed E-state index contributed by atoms with van der Waals surface area (Å²) < 4.78 is 5.38. The summed E-state index contributed by atoms with van der Waals surface area (Å²) in [7, 11) is 0. The number of carbonyl (C=O) groups excluding carboxylic acids is 1. The van der Waals surface area contributed by atoms with Crippen LogP contribution in [0.1, 0.15) is 46.5 Å². The zero-order chi connectivity index (χ0) is 13.1. The van der Waals surface area contributed by atoms with Gasteiger partial charge in [0.05, 0.1) is 6.07 Å². The molecule has 98 valence electrons. The van der Waals surface area contributed by atoms with E-state index in [1.165, 1.54) is 0 Å². The third-order valence-electron chi connectivity index (χ3n) is 2.85. The first-order valence-corrected chi connectivity index (χ1v) is 6.38. The highest BCUT2D eigenvalue weighted by Gasteiger charge is 2.30. The molecule has 0 aromatic rings. The Morgan fingerprint density at radius 2 is 2.00 bits per heavy atom. The van der Waals surface area contributed by atoms with Crippen molar-refractivity contribution in [2.45, 2.75) is 46.5 Å². The van der Waals surface area contributed by atoms with E-state index >= 15 is 0 Å². The fourth-order valence-corrected chi connectivity index (χ4v) is 1.21. The van der Waals surface area contributed by atoms with Crippen molar-refractivity contribution in [3.8, 4) is 6.07 Å². The van der Waals surface area contributed by atoms with Crippen molar-refractivity contribution < 1.29 is 9.53 Å². The van der Waals surface area contributed by atoms with Gasteiger partial charge in [-0.25, -0.2) is 0 Å². The Kier molecular flexibility index (Phi) is 8.43. The lowest BCUT2D eigenvalue weighted by Crippen LogP contribution is -2.38. The van der Waals surface area contributed by atoms with Gasteiger partial charge in [-0.1, -0.05) is 20.3 Å². The molecule has 0 rings (SSSR count). The van der Waals surface area contributed by atoms with Crippen LogP contribution in [0.5, 0.6) is 0 Å². The summed E-state index contributed by atoms with van der Waals surface area (Å²) in [6, 6.07) is 2.05. The van der Waals surface area contributed by atoms with Crippen molar-refractivity contribution in [1.82, 2.24) is 5.32 Å². The van der Waals surface area contributed by atoms with Crippen LogP contribution < -0.4 is 5.32 Å². The van der Waals surface area contributed by atoms with E-state index in [4.69, 9.17) is 10.00 Å². The van der Waals surface area contributed by atoms with Crippen LogP contribution in [-0.2, 0) is 9.53 Å². The SMILES string of the molecule is CCCCOCCCNC(=O)C(C)(C#N)CC. The summed E-state index contributed by atoms with van der Waals surface area (Å²) >= 11 is 0. The topological polar surface area (TPSA) is 62.1 Å². The van der Waals surface area contributed by atoms with Crippen LogP contribution in [0.25, 0.3) is 0 Å². The second-order valence-corrected chi connectivity index (χ2v) is 4.37. The number of nitrogens with zero attached hydrogens (tertiary/aromatic N) is 1. The lowest BCUT2D eigenvalue weighted by atomic mass is 9.88. The summed E-state index contributed by atoms with van der Waals surface area (Å²) in [6.07, 6.45) is 3.53. The molecule has 0 radical (unpaired) electrons. The van der Waals surface area contributed by atoms with Gasteiger partial charge in [0, 0.05) is 19.8 Å². The number of nitrogens with one attached hydrogen (secondary N) is 1. The molecule has 0 fully saturated rings. The normalized spacial score (nSPS) is 13.8. The van der Waals surface area contributed by atoms with Crippen molar-refractivity contribution in [2.75, 3.05) is 19.8 Å². The summed E-state index contributed by atoms with van der Waals surface area (Å²) in [4.78, 5) is 11.7. The van der Waals surface area contributed by atoms with E-state index < -0.39 is 5.41 Å². The maximum atomic E-state index is 11.7. The van der Waals surface area contributed by atoms with E-state index in [9.17, 15) is 4.79 Å². The summed E-state index contributed by atoms with van der Waals surface area (Å²) in [5.74, 6) is -0.184. The van der Waals surface area contributed by atoms with Crippen LogP contribution >= 0.6 is 0 Å². The highest BCUT2D eigenvalue weighted by molar-refractivity contribution is 5.84. The summed E-state index contributed by atoms with van der Waals surface area (Å²) in [5, 5.41) is 11.7. The number of rotatable bonds is 9. The van der Waals surface area contributed by atoms with Crippen molar-refractivity contribution in [2.24, 2.45) is 5.41 Å². The highest BCUT2D eigenvalue weighted by atomic mass is 16.5. The fraction of sp³-hybridized carbons (Fsp3) is 0.846. The van der Waals surface area contributed by atoms with Crippen LogP contribution in [0.3, 0.4) is 0 Å². The molecule has 0 saturated carbocycles. The molecule has 0 heterocycles. The molecule has 4 nitrogen and oxygen atoms in total. The van der Waals surface area contributed by atoms with Gasteiger partial charge in [-0.3, -0.25) is 4.79 Å². The molecule has 17 heavy (non-hydrogen) atoms. The molecule has 4 heteroatoms. The molecule has 0 aliphatic rings. The molecule has 0 spiro atoms. The van der Waals surface area contributed by atoms with Gasteiger partial charge in [-0.15, -0.1) is 0 Å². The Morgan fingerprint density at radius 3 is 2.53 bits per heavy atom. The predicted octanol–water partition coefficient (Wildman–Crippen LogP) is 2.25. The second-order valence-electron chi connectivity index (χ2n) is 4.37. The van der Waals surface area contributed by atoms with Gasteiger partial charge >= 0.3 is 0 Å². The third kappa shape index (κ3) is 6.28. The predicted molar refractivity (Wildman–Crippen MR) is 67.4 cm³/mol. The second kappa shape index (κ2) is 9.00. The zero-order valence-electron chi connectivity index (χ0n) is 11.2. The first-order valence-electron chi connectivity index (χ1n) is 6.38. The van der Waals surface area contributed by atoms with E-state index in [1.54, 1.807) is 6.92 Å². The van der Waals surface area contributed by atoms with Crippen LogP contribution in [0.2, 0.25) is 0 Å². The number of hydrogen-bond acceptors (Lipinski definition) is 3. The van der Waals surface area contributed by atoms with Crippen molar-refractivity contribution in [3.05, 3.63) is 0 Å².